The van der Waals surface area contributed by atoms with Gasteiger partial charge in [-0.2, -0.15) is 0 Å². The summed E-state index contributed by atoms with van der Waals surface area (Å²) in [5.41, 5.74) is 2.30. The van der Waals surface area contributed by atoms with Crippen LogP contribution in [0, 0.1) is 6.92 Å². The van der Waals surface area contributed by atoms with Crippen molar-refractivity contribution in [2.45, 2.75) is 18.4 Å². The number of fused-ring (bicyclic) bond motifs is 1. The molecular formula is C11H12OS2. The fourth-order valence-electron chi connectivity index (χ4n) is 1.67. The second-order valence-electron chi connectivity index (χ2n) is 3.18. The van der Waals surface area contributed by atoms with Crippen molar-refractivity contribution in [1.82, 2.24) is 0 Å². The summed E-state index contributed by atoms with van der Waals surface area (Å²) < 4.78 is 1.30. The van der Waals surface area contributed by atoms with Crippen LogP contribution in [0.2, 0.25) is 0 Å². The molecule has 0 atom stereocenters. The molecule has 3 heteroatoms. The second-order valence-corrected chi connectivity index (χ2v) is 4.94. The highest BCUT2D eigenvalue weighted by atomic mass is 32.2. The van der Waals surface area contributed by atoms with E-state index in [1.165, 1.54) is 20.5 Å². The van der Waals surface area contributed by atoms with Gasteiger partial charge in [-0.25, -0.2) is 0 Å². The van der Waals surface area contributed by atoms with Crippen LogP contribution in [-0.4, -0.2) is 11.4 Å². The highest BCUT2D eigenvalue weighted by Crippen LogP contribution is 2.33. The zero-order chi connectivity index (χ0) is 10.1. The van der Waals surface area contributed by atoms with E-state index < -0.39 is 0 Å². The Balaban J connectivity index is 2.79. The van der Waals surface area contributed by atoms with Gasteiger partial charge in [-0.05, 0) is 47.2 Å². The molecule has 0 fully saturated rings. The highest BCUT2D eigenvalue weighted by Gasteiger charge is 2.09. The molecule has 1 N–H and O–H groups in total. The molecule has 1 aromatic heterocycles. The lowest BCUT2D eigenvalue weighted by Gasteiger charge is -2.09. The van der Waals surface area contributed by atoms with Crippen LogP contribution in [0.1, 0.15) is 11.1 Å². The Kier molecular flexibility index (Phi) is 2.81. The van der Waals surface area contributed by atoms with Crippen molar-refractivity contribution in [2.24, 2.45) is 0 Å². The van der Waals surface area contributed by atoms with Crippen molar-refractivity contribution >= 4 is 33.2 Å². The Morgan fingerprint density at radius 1 is 1.50 bits per heavy atom. The van der Waals surface area contributed by atoms with Crippen molar-refractivity contribution in [3.63, 3.8) is 0 Å². The van der Waals surface area contributed by atoms with E-state index in [-0.39, 0.29) is 6.61 Å². The normalized spacial score (nSPS) is 11.1. The van der Waals surface area contributed by atoms with E-state index in [1.54, 1.807) is 23.1 Å². The molecule has 0 bridgehead atoms. The molecule has 1 aromatic carbocycles. The average molecular weight is 224 g/mol. The summed E-state index contributed by atoms with van der Waals surface area (Å²) in [5.74, 6) is 0. The molecule has 0 aliphatic rings. The van der Waals surface area contributed by atoms with E-state index in [0.717, 1.165) is 5.56 Å². The monoisotopic (exact) mass is 224 g/mol. The number of benzene rings is 1. The third-order valence-corrected chi connectivity index (χ3v) is 4.30. The lowest BCUT2D eigenvalue weighted by atomic mass is 10.1. The Bertz CT molecular complexity index is 460. The average Bonchev–Trinajstić information content (AvgIpc) is 2.65. The number of aliphatic hydroxyl groups excluding tert-OH is 1. The van der Waals surface area contributed by atoms with Crippen molar-refractivity contribution in [3.8, 4) is 0 Å². The van der Waals surface area contributed by atoms with E-state index in [9.17, 15) is 5.11 Å². The summed E-state index contributed by atoms with van der Waals surface area (Å²) in [7, 11) is 0. The summed E-state index contributed by atoms with van der Waals surface area (Å²) in [6, 6.07) is 4.29. The molecule has 2 rings (SSSR count). The number of hydrogen-bond acceptors (Lipinski definition) is 3. The molecule has 2 aromatic rings. The summed E-state index contributed by atoms with van der Waals surface area (Å²) >= 11 is 3.44. The zero-order valence-electron chi connectivity index (χ0n) is 8.20. The molecule has 0 aliphatic carbocycles. The van der Waals surface area contributed by atoms with Gasteiger partial charge in [-0.3, -0.25) is 0 Å². The number of hydrogen-bond donors (Lipinski definition) is 1. The summed E-state index contributed by atoms with van der Waals surface area (Å²) in [6.07, 6.45) is 2.05. The van der Waals surface area contributed by atoms with Gasteiger partial charge in [-0.1, -0.05) is 0 Å². The minimum absolute atomic E-state index is 0.135. The first-order valence-electron chi connectivity index (χ1n) is 4.42. The first-order valence-corrected chi connectivity index (χ1v) is 6.53. The summed E-state index contributed by atoms with van der Waals surface area (Å²) in [6.45, 7) is 2.22. The smallest absolute Gasteiger partial charge is 0.0695 e. The molecule has 0 amide bonds. The van der Waals surface area contributed by atoms with Crippen LogP contribution in [0.15, 0.2) is 22.4 Å². The lowest BCUT2D eigenvalue weighted by Crippen LogP contribution is -1.92. The van der Waals surface area contributed by atoms with Crippen LogP contribution in [0.5, 0.6) is 0 Å². The van der Waals surface area contributed by atoms with Crippen LogP contribution in [0.3, 0.4) is 0 Å². The van der Waals surface area contributed by atoms with Gasteiger partial charge in [0.1, 0.15) is 0 Å². The quantitative estimate of drug-likeness (QED) is 0.789. The molecule has 1 heterocycles. The molecule has 1 nitrogen and oxygen atoms in total. The number of thioether (sulfide) groups is 1. The van der Waals surface area contributed by atoms with E-state index in [2.05, 4.69) is 24.4 Å². The van der Waals surface area contributed by atoms with E-state index in [1.807, 2.05) is 6.26 Å². The van der Waals surface area contributed by atoms with Crippen LogP contribution in [0.4, 0.5) is 0 Å². The number of aliphatic hydroxyl groups is 1. The van der Waals surface area contributed by atoms with Gasteiger partial charge in [0.05, 0.1) is 6.61 Å². The third kappa shape index (κ3) is 1.45. The second kappa shape index (κ2) is 3.93. The zero-order valence-corrected chi connectivity index (χ0v) is 9.84. The first kappa shape index (κ1) is 10.0. The Hall–Kier alpha value is -0.510. The molecule has 0 radical (unpaired) electrons. The predicted octanol–water partition coefficient (Wildman–Crippen LogP) is 3.42. The van der Waals surface area contributed by atoms with Crippen molar-refractivity contribution in [2.75, 3.05) is 6.26 Å². The van der Waals surface area contributed by atoms with E-state index >= 15 is 0 Å². The molecule has 0 spiro atoms. The van der Waals surface area contributed by atoms with Gasteiger partial charge < -0.3 is 5.11 Å². The Morgan fingerprint density at radius 2 is 2.29 bits per heavy atom. The molecule has 0 unspecified atom stereocenters. The molecular weight excluding hydrogens is 212 g/mol. The molecule has 0 saturated carbocycles. The molecule has 14 heavy (non-hydrogen) atoms. The van der Waals surface area contributed by atoms with Crippen LogP contribution >= 0.6 is 23.1 Å². The minimum atomic E-state index is 0.135. The van der Waals surface area contributed by atoms with Crippen molar-refractivity contribution in [1.29, 1.82) is 0 Å². The molecule has 0 saturated heterocycles. The summed E-state index contributed by atoms with van der Waals surface area (Å²) in [4.78, 5) is 1.19. The van der Waals surface area contributed by atoms with Gasteiger partial charge in [0, 0.05) is 9.60 Å². The minimum Gasteiger partial charge on any atom is -0.392 e. The van der Waals surface area contributed by atoms with E-state index in [0.29, 0.717) is 0 Å². The maximum atomic E-state index is 9.32. The third-order valence-electron chi connectivity index (χ3n) is 2.45. The first-order chi connectivity index (χ1) is 6.77. The topological polar surface area (TPSA) is 20.2 Å². The van der Waals surface area contributed by atoms with Crippen molar-refractivity contribution in [3.05, 3.63) is 28.6 Å². The van der Waals surface area contributed by atoms with Gasteiger partial charge >= 0.3 is 0 Å². The standard InChI is InChI=1S/C11H12OS2/c1-7-9(6-12)10(13-2)5-8-3-4-14-11(7)8/h3-5,12H,6H2,1-2H3. The van der Waals surface area contributed by atoms with Crippen molar-refractivity contribution < 1.29 is 5.11 Å². The van der Waals surface area contributed by atoms with Gasteiger partial charge in [0.2, 0.25) is 0 Å². The number of rotatable bonds is 2. The highest BCUT2D eigenvalue weighted by molar-refractivity contribution is 7.98. The fraction of sp³-hybridized carbons (Fsp3) is 0.273. The van der Waals surface area contributed by atoms with Gasteiger partial charge in [-0.15, -0.1) is 23.1 Å². The molecule has 0 aliphatic heterocycles. The Labute approximate surface area is 91.8 Å². The van der Waals surface area contributed by atoms with E-state index in [4.69, 9.17) is 0 Å². The van der Waals surface area contributed by atoms with Gasteiger partial charge in [0.25, 0.3) is 0 Å². The maximum absolute atomic E-state index is 9.32. The number of thiophene rings is 1. The summed E-state index contributed by atoms with van der Waals surface area (Å²) in [5, 5.41) is 12.7. The Morgan fingerprint density at radius 3 is 2.93 bits per heavy atom. The predicted molar refractivity (Wildman–Crippen MR) is 64.3 cm³/mol. The fourth-order valence-corrected chi connectivity index (χ4v) is 3.29. The van der Waals surface area contributed by atoms with Gasteiger partial charge in [0.15, 0.2) is 0 Å². The SMILES string of the molecule is CSc1cc2ccsc2c(C)c1CO. The van der Waals surface area contributed by atoms with Crippen LogP contribution < -0.4 is 0 Å². The largest absolute Gasteiger partial charge is 0.392 e. The van der Waals surface area contributed by atoms with Crippen LogP contribution in [-0.2, 0) is 6.61 Å². The number of aryl methyl sites for hydroxylation is 1. The molecule has 74 valence electrons. The van der Waals surface area contributed by atoms with Crippen LogP contribution in [0.25, 0.3) is 10.1 Å². The lowest BCUT2D eigenvalue weighted by molar-refractivity contribution is 0.278. The maximum Gasteiger partial charge on any atom is 0.0695 e.